The fourth-order valence-corrected chi connectivity index (χ4v) is 3.19. The first-order chi connectivity index (χ1) is 12.5. The molecular weight excluding hydrogens is 338 g/mol. The Kier molecular flexibility index (Phi) is 5.25. The molecule has 0 unspecified atom stereocenters. The summed E-state index contributed by atoms with van der Waals surface area (Å²) in [5.74, 6) is -0.787. The Morgan fingerprint density at radius 1 is 1.31 bits per heavy atom. The second-order valence-electron chi connectivity index (χ2n) is 6.41. The Bertz CT molecular complexity index is 901. The van der Waals surface area contributed by atoms with E-state index in [0.29, 0.717) is 17.8 Å². The molecule has 1 atom stereocenters. The molecule has 1 aliphatic rings. The summed E-state index contributed by atoms with van der Waals surface area (Å²) in [7, 11) is 0. The van der Waals surface area contributed by atoms with Crippen LogP contribution in [0.1, 0.15) is 37.3 Å². The molecule has 26 heavy (non-hydrogen) atoms. The molecule has 0 saturated carbocycles. The van der Waals surface area contributed by atoms with E-state index in [9.17, 15) is 14.4 Å². The van der Waals surface area contributed by atoms with Crippen LogP contribution >= 0.6 is 0 Å². The van der Waals surface area contributed by atoms with Crippen LogP contribution in [0.25, 0.3) is 11.0 Å². The van der Waals surface area contributed by atoms with Crippen molar-refractivity contribution in [3.8, 4) is 5.75 Å². The zero-order valence-corrected chi connectivity index (χ0v) is 14.5. The second kappa shape index (κ2) is 7.59. The second-order valence-corrected chi connectivity index (χ2v) is 6.41. The first-order valence-electron chi connectivity index (χ1n) is 8.70. The molecular formula is C19H21NO6. The Balaban J connectivity index is 1.67. The Morgan fingerprint density at radius 2 is 2.08 bits per heavy atom. The molecule has 3 rings (SSSR count). The van der Waals surface area contributed by atoms with Crippen LogP contribution in [0.15, 0.2) is 27.4 Å². The molecule has 7 nitrogen and oxygen atoms in total. The monoisotopic (exact) mass is 359 g/mol. The van der Waals surface area contributed by atoms with Crippen molar-refractivity contribution in [1.82, 2.24) is 5.32 Å². The predicted octanol–water partition coefficient (Wildman–Crippen LogP) is 2.03. The number of carboxylic acid groups (broad SMARTS) is 1. The molecule has 1 heterocycles. The van der Waals surface area contributed by atoms with Crippen LogP contribution in [0.3, 0.4) is 0 Å². The average Bonchev–Trinajstić information content (AvgIpc) is 3.08. The van der Waals surface area contributed by atoms with E-state index in [1.165, 1.54) is 0 Å². The van der Waals surface area contributed by atoms with Crippen molar-refractivity contribution < 1.29 is 23.8 Å². The van der Waals surface area contributed by atoms with Crippen LogP contribution in [0, 0.1) is 0 Å². The first kappa shape index (κ1) is 18.0. The maximum atomic E-state index is 12.0. The summed E-state index contributed by atoms with van der Waals surface area (Å²) in [5, 5.41) is 12.1. The standard InChI is InChI=1S/C19H21NO6/c1-11(18(23)20-9-3-6-17(21)22)25-12-7-8-14-13-4-2-5-15(13)19(24)26-16(14)10-12/h7-8,10-11H,2-6,9H2,1H3,(H,20,23)(H,21,22)/t11-/m0/s1. The van der Waals surface area contributed by atoms with Crippen molar-refractivity contribution in [2.24, 2.45) is 0 Å². The topological polar surface area (TPSA) is 106 Å². The van der Waals surface area contributed by atoms with Gasteiger partial charge in [0.05, 0.1) is 0 Å². The van der Waals surface area contributed by atoms with Crippen LogP contribution in [-0.2, 0) is 22.4 Å². The van der Waals surface area contributed by atoms with E-state index in [-0.39, 0.29) is 24.5 Å². The van der Waals surface area contributed by atoms with Gasteiger partial charge in [-0.05, 0) is 50.3 Å². The summed E-state index contributed by atoms with van der Waals surface area (Å²) in [4.78, 5) is 34.5. The SMILES string of the molecule is C[C@H](Oc1ccc2c3c(c(=O)oc2c1)CCC3)C(=O)NCCCC(=O)O. The van der Waals surface area contributed by atoms with Gasteiger partial charge in [0.15, 0.2) is 6.10 Å². The maximum Gasteiger partial charge on any atom is 0.339 e. The van der Waals surface area contributed by atoms with E-state index in [2.05, 4.69) is 5.32 Å². The van der Waals surface area contributed by atoms with E-state index in [0.717, 1.165) is 35.8 Å². The summed E-state index contributed by atoms with van der Waals surface area (Å²) in [6.45, 7) is 1.88. The lowest BCUT2D eigenvalue weighted by atomic mass is 10.1. The molecule has 0 bridgehead atoms. The molecule has 138 valence electrons. The van der Waals surface area contributed by atoms with Gasteiger partial charge in [-0.15, -0.1) is 0 Å². The Labute approximate surface area is 150 Å². The van der Waals surface area contributed by atoms with Crippen LogP contribution in [0.5, 0.6) is 5.75 Å². The summed E-state index contributed by atoms with van der Waals surface area (Å²) < 4.78 is 11.0. The van der Waals surface area contributed by atoms with Gasteiger partial charge in [-0.2, -0.15) is 0 Å². The highest BCUT2D eigenvalue weighted by Crippen LogP contribution is 2.29. The lowest BCUT2D eigenvalue weighted by molar-refractivity contribution is -0.137. The highest BCUT2D eigenvalue weighted by molar-refractivity contribution is 5.84. The van der Waals surface area contributed by atoms with E-state index in [4.69, 9.17) is 14.3 Å². The summed E-state index contributed by atoms with van der Waals surface area (Å²) >= 11 is 0. The predicted molar refractivity (Wildman–Crippen MR) is 94.5 cm³/mol. The molecule has 1 aliphatic carbocycles. The number of aliphatic carboxylic acids is 1. The number of hydrogen-bond acceptors (Lipinski definition) is 5. The van der Waals surface area contributed by atoms with Gasteiger partial charge in [-0.3, -0.25) is 9.59 Å². The molecule has 1 aromatic heterocycles. The number of amides is 1. The summed E-state index contributed by atoms with van der Waals surface area (Å²) in [6.07, 6.45) is 2.19. The lowest BCUT2D eigenvalue weighted by Crippen LogP contribution is -2.36. The van der Waals surface area contributed by atoms with Gasteiger partial charge >= 0.3 is 11.6 Å². The van der Waals surface area contributed by atoms with Crippen LogP contribution in [-0.4, -0.2) is 29.6 Å². The largest absolute Gasteiger partial charge is 0.481 e. The molecule has 0 aliphatic heterocycles. The van der Waals surface area contributed by atoms with Crippen molar-refractivity contribution in [2.75, 3.05) is 6.54 Å². The number of carboxylic acids is 1. The van der Waals surface area contributed by atoms with E-state index in [1.807, 2.05) is 6.07 Å². The number of ether oxygens (including phenoxy) is 1. The molecule has 0 spiro atoms. The van der Waals surface area contributed by atoms with Crippen molar-refractivity contribution >= 4 is 22.8 Å². The van der Waals surface area contributed by atoms with Crippen LogP contribution in [0.2, 0.25) is 0 Å². The van der Waals surface area contributed by atoms with Crippen molar-refractivity contribution in [2.45, 2.75) is 45.1 Å². The number of hydrogen-bond donors (Lipinski definition) is 2. The van der Waals surface area contributed by atoms with Gasteiger partial charge in [0.1, 0.15) is 11.3 Å². The molecule has 0 saturated heterocycles. The number of nitrogens with one attached hydrogen (secondary N) is 1. The van der Waals surface area contributed by atoms with Gasteiger partial charge in [-0.1, -0.05) is 0 Å². The maximum absolute atomic E-state index is 12.0. The number of carbonyl (C=O) groups excluding carboxylic acids is 1. The third-order valence-corrected chi connectivity index (χ3v) is 4.49. The highest BCUT2D eigenvalue weighted by Gasteiger charge is 2.20. The minimum absolute atomic E-state index is 0.00352. The van der Waals surface area contributed by atoms with Gasteiger partial charge in [0, 0.05) is 30.0 Å². The molecule has 0 radical (unpaired) electrons. The number of benzene rings is 1. The molecule has 1 amide bonds. The molecule has 7 heteroatoms. The van der Waals surface area contributed by atoms with Gasteiger partial charge in [-0.25, -0.2) is 4.79 Å². The average molecular weight is 359 g/mol. The molecule has 2 N–H and O–H groups in total. The van der Waals surface area contributed by atoms with Crippen LogP contribution in [0.4, 0.5) is 0 Å². The Morgan fingerprint density at radius 3 is 2.85 bits per heavy atom. The zero-order valence-electron chi connectivity index (χ0n) is 14.5. The third-order valence-electron chi connectivity index (χ3n) is 4.49. The number of rotatable bonds is 7. The van der Waals surface area contributed by atoms with E-state index in [1.54, 1.807) is 19.1 Å². The van der Waals surface area contributed by atoms with Crippen LogP contribution < -0.4 is 15.7 Å². The smallest absolute Gasteiger partial charge is 0.339 e. The van der Waals surface area contributed by atoms with E-state index >= 15 is 0 Å². The third kappa shape index (κ3) is 3.87. The molecule has 0 fully saturated rings. The van der Waals surface area contributed by atoms with Crippen molar-refractivity contribution in [3.63, 3.8) is 0 Å². The summed E-state index contributed by atoms with van der Waals surface area (Å²) in [5.41, 5.74) is 1.97. The molecule has 2 aromatic rings. The minimum Gasteiger partial charge on any atom is -0.481 e. The summed E-state index contributed by atoms with van der Waals surface area (Å²) in [6, 6.07) is 5.24. The number of carbonyl (C=O) groups is 2. The quantitative estimate of drug-likeness (QED) is 0.579. The number of aryl methyl sites for hydroxylation is 1. The molecule has 1 aromatic carbocycles. The number of fused-ring (bicyclic) bond motifs is 3. The van der Waals surface area contributed by atoms with Crippen molar-refractivity contribution in [3.05, 3.63) is 39.7 Å². The lowest BCUT2D eigenvalue weighted by Gasteiger charge is -2.15. The first-order valence-corrected chi connectivity index (χ1v) is 8.70. The van der Waals surface area contributed by atoms with Gasteiger partial charge in [0.2, 0.25) is 0 Å². The van der Waals surface area contributed by atoms with E-state index < -0.39 is 12.1 Å². The zero-order chi connectivity index (χ0) is 18.7. The normalized spacial score (nSPS) is 14.0. The van der Waals surface area contributed by atoms with Gasteiger partial charge in [0.25, 0.3) is 5.91 Å². The Hall–Kier alpha value is -2.83. The minimum atomic E-state index is -0.896. The fourth-order valence-electron chi connectivity index (χ4n) is 3.19. The van der Waals surface area contributed by atoms with Crippen molar-refractivity contribution in [1.29, 1.82) is 0 Å². The highest BCUT2D eigenvalue weighted by atomic mass is 16.5. The van der Waals surface area contributed by atoms with Gasteiger partial charge < -0.3 is 19.6 Å². The fraction of sp³-hybridized carbons (Fsp3) is 0.421.